The second-order valence-electron chi connectivity index (χ2n) is 5.61. The summed E-state index contributed by atoms with van der Waals surface area (Å²) in [6.45, 7) is 0.307. The van der Waals surface area contributed by atoms with E-state index in [-0.39, 0.29) is 0 Å². The van der Waals surface area contributed by atoms with Crippen LogP contribution in [0.5, 0.6) is 5.75 Å². The summed E-state index contributed by atoms with van der Waals surface area (Å²) < 4.78 is 10.6. The summed E-state index contributed by atoms with van der Waals surface area (Å²) >= 11 is 1.26. The third-order valence-corrected chi connectivity index (χ3v) is 4.67. The van der Waals surface area contributed by atoms with Crippen molar-refractivity contribution in [2.24, 2.45) is 0 Å². The van der Waals surface area contributed by atoms with Gasteiger partial charge >= 0.3 is 5.97 Å². The number of thiophene rings is 1. The lowest BCUT2D eigenvalue weighted by Gasteiger charge is -2.17. The highest BCUT2D eigenvalue weighted by Gasteiger charge is 2.26. The number of ether oxygens (including phenoxy) is 2. The molecule has 0 radical (unpaired) electrons. The van der Waals surface area contributed by atoms with E-state index in [0.29, 0.717) is 17.0 Å². The van der Waals surface area contributed by atoms with Crippen molar-refractivity contribution in [1.82, 2.24) is 10.3 Å². The van der Waals surface area contributed by atoms with Crippen LogP contribution in [0.3, 0.4) is 0 Å². The van der Waals surface area contributed by atoms with Gasteiger partial charge in [0.25, 0.3) is 5.91 Å². The minimum absolute atomic E-state index is 0.307. The Morgan fingerprint density at radius 3 is 2.48 bits per heavy atom. The first-order chi connectivity index (χ1) is 13.2. The maximum atomic E-state index is 12.7. The van der Waals surface area contributed by atoms with Crippen molar-refractivity contribution in [1.29, 1.82) is 0 Å². The summed E-state index contributed by atoms with van der Waals surface area (Å²) in [6.07, 6.45) is 2.05. The van der Waals surface area contributed by atoms with Crippen LogP contribution in [0.4, 0.5) is 0 Å². The van der Waals surface area contributed by atoms with Gasteiger partial charge in [0.2, 0.25) is 6.10 Å². The number of carbonyl (C=O) groups excluding carboxylic acids is 2. The van der Waals surface area contributed by atoms with Crippen molar-refractivity contribution in [2.75, 3.05) is 7.11 Å². The number of nitrogens with zero attached hydrogens (tertiary/aromatic N) is 1. The number of esters is 1. The van der Waals surface area contributed by atoms with E-state index in [1.807, 2.05) is 24.3 Å². The smallest absolute Gasteiger partial charge is 0.349 e. The summed E-state index contributed by atoms with van der Waals surface area (Å²) in [4.78, 5) is 29.4. The zero-order valence-corrected chi connectivity index (χ0v) is 15.4. The van der Waals surface area contributed by atoms with E-state index in [9.17, 15) is 9.59 Å². The molecule has 1 N–H and O–H groups in total. The van der Waals surface area contributed by atoms with Gasteiger partial charge in [-0.2, -0.15) is 0 Å². The number of pyridine rings is 1. The number of hydrogen-bond acceptors (Lipinski definition) is 6. The summed E-state index contributed by atoms with van der Waals surface area (Å²) in [5.74, 6) is -0.196. The van der Waals surface area contributed by atoms with Gasteiger partial charge in [-0.15, -0.1) is 11.3 Å². The predicted octanol–water partition coefficient (Wildman–Crippen LogP) is 3.37. The second-order valence-corrected chi connectivity index (χ2v) is 6.56. The molecule has 0 aliphatic heterocycles. The Morgan fingerprint density at radius 2 is 1.85 bits per heavy atom. The van der Waals surface area contributed by atoms with Crippen LogP contribution in [0.25, 0.3) is 0 Å². The van der Waals surface area contributed by atoms with Crippen LogP contribution in [0.1, 0.15) is 26.9 Å². The Morgan fingerprint density at radius 1 is 1.11 bits per heavy atom. The Labute approximate surface area is 160 Å². The number of nitrogens with one attached hydrogen (secondary N) is 1. The Kier molecular flexibility index (Phi) is 6.17. The molecule has 0 bridgehead atoms. The molecule has 1 amide bonds. The molecule has 0 aliphatic rings. The highest BCUT2D eigenvalue weighted by molar-refractivity contribution is 7.11. The highest BCUT2D eigenvalue weighted by atomic mass is 32.1. The Balaban J connectivity index is 1.71. The number of hydrogen-bond donors (Lipinski definition) is 1. The van der Waals surface area contributed by atoms with Gasteiger partial charge in [0.15, 0.2) is 0 Å². The van der Waals surface area contributed by atoms with Crippen LogP contribution in [-0.4, -0.2) is 24.0 Å². The van der Waals surface area contributed by atoms with E-state index in [1.54, 1.807) is 49.1 Å². The first kappa shape index (κ1) is 18.6. The van der Waals surface area contributed by atoms with E-state index < -0.39 is 18.0 Å². The molecule has 27 heavy (non-hydrogen) atoms. The van der Waals surface area contributed by atoms with Crippen LogP contribution in [0.15, 0.2) is 66.3 Å². The molecule has 2 heterocycles. The summed E-state index contributed by atoms with van der Waals surface area (Å²) in [7, 11) is 1.60. The Bertz CT molecular complexity index is 880. The summed E-state index contributed by atoms with van der Waals surface area (Å²) in [5, 5.41) is 4.59. The highest BCUT2D eigenvalue weighted by Crippen LogP contribution is 2.21. The molecule has 0 spiro atoms. The number of methoxy groups -OCH3 is 1. The topological polar surface area (TPSA) is 77.5 Å². The van der Waals surface area contributed by atoms with Crippen molar-refractivity contribution in [3.05, 3.63) is 82.3 Å². The van der Waals surface area contributed by atoms with Gasteiger partial charge in [-0.25, -0.2) is 4.79 Å². The molecule has 1 aromatic carbocycles. The monoisotopic (exact) mass is 382 g/mol. The molecule has 0 saturated heterocycles. The molecule has 3 aromatic rings. The van der Waals surface area contributed by atoms with Gasteiger partial charge in [-0.05, 0) is 41.3 Å². The average Bonchev–Trinajstić information content (AvgIpc) is 3.26. The molecule has 1 atom stereocenters. The van der Waals surface area contributed by atoms with Gasteiger partial charge in [0, 0.05) is 24.5 Å². The van der Waals surface area contributed by atoms with E-state index in [4.69, 9.17) is 9.47 Å². The fraction of sp³-hybridized carbons (Fsp3) is 0.150. The molecular weight excluding hydrogens is 364 g/mol. The molecule has 6 nitrogen and oxygen atoms in total. The van der Waals surface area contributed by atoms with Crippen molar-refractivity contribution in [2.45, 2.75) is 12.6 Å². The SMILES string of the molecule is COc1ccc(CNC(=O)[C@@H](OC(=O)c2cccs2)c2ccncc2)cc1. The van der Waals surface area contributed by atoms with Gasteiger partial charge in [-0.3, -0.25) is 9.78 Å². The first-order valence-corrected chi connectivity index (χ1v) is 9.10. The molecule has 0 fully saturated rings. The third-order valence-electron chi connectivity index (χ3n) is 3.82. The lowest BCUT2D eigenvalue weighted by atomic mass is 10.1. The van der Waals surface area contributed by atoms with Gasteiger partial charge in [0.05, 0.1) is 7.11 Å². The zero-order valence-electron chi connectivity index (χ0n) is 14.6. The number of amides is 1. The molecule has 7 heteroatoms. The van der Waals surface area contributed by atoms with E-state index in [0.717, 1.165) is 11.3 Å². The zero-order chi connectivity index (χ0) is 19.1. The number of benzene rings is 1. The predicted molar refractivity (Wildman–Crippen MR) is 102 cm³/mol. The van der Waals surface area contributed by atoms with Crippen molar-refractivity contribution >= 4 is 23.2 Å². The van der Waals surface area contributed by atoms with E-state index in [1.165, 1.54) is 11.3 Å². The molecule has 0 aliphatic carbocycles. The van der Waals surface area contributed by atoms with Gasteiger partial charge in [0.1, 0.15) is 10.6 Å². The number of aromatic nitrogens is 1. The van der Waals surface area contributed by atoms with Crippen LogP contribution in [-0.2, 0) is 16.1 Å². The minimum atomic E-state index is -1.05. The Hall–Kier alpha value is -3.19. The lowest BCUT2D eigenvalue weighted by Crippen LogP contribution is -2.31. The minimum Gasteiger partial charge on any atom is -0.497 e. The largest absolute Gasteiger partial charge is 0.497 e. The molecule has 138 valence electrons. The maximum Gasteiger partial charge on any atom is 0.349 e. The lowest BCUT2D eigenvalue weighted by molar-refractivity contribution is -0.130. The second kappa shape index (κ2) is 8.95. The van der Waals surface area contributed by atoms with Gasteiger partial charge in [-0.1, -0.05) is 18.2 Å². The number of rotatable bonds is 7. The fourth-order valence-corrected chi connectivity index (χ4v) is 3.00. The molecular formula is C20H18N2O4S. The quantitative estimate of drug-likeness (QED) is 0.634. The first-order valence-electron chi connectivity index (χ1n) is 8.22. The molecule has 2 aromatic heterocycles. The van der Waals surface area contributed by atoms with Gasteiger partial charge < -0.3 is 14.8 Å². The third kappa shape index (κ3) is 4.92. The number of carbonyl (C=O) groups is 2. The summed E-state index contributed by atoms with van der Waals surface area (Å²) in [5.41, 5.74) is 1.46. The van der Waals surface area contributed by atoms with E-state index >= 15 is 0 Å². The van der Waals surface area contributed by atoms with Crippen LogP contribution in [0.2, 0.25) is 0 Å². The molecule has 0 unspecified atom stereocenters. The van der Waals surface area contributed by atoms with Crippen LogP contribution < -0.4 is 10.1 Å². The van der Waals surface area contributed by atoms with E-state index in [2.05, 4.69) is 10.3 Å². The summed E-state index contributed by atoms with van der Waals surface area (Å²) in [6, 6.07) is 14.1. The average molecular weight is 382 g/mol. The normalized spacial score (nSPS) is 11.4. The van der Waals surface area contributed by atoms with Crippen molar-refractivity contribution in [3.8, 4) is 5.75 Å². The van der Waals surface area contributed by atoms with Crippen molar-refractivity contribution < 1.29 is 19.1 Å². The maximum absolute atomic E-state index is 12.7. The molecule has 3 rings (SSSR count). The fourth-order valence-electron chi connectivity index (χ4n) is 2.40. The van der Waals surface area contributed by atoms with Crippen LogP contribution in [0, 0.1) is 0 Å². The van der Waals surface area contributed by atoms with Crippen LogP contribution >= 0.6 is 11.3 Å². The molecule has 0 saturated carbocycles. The standard InChI is InChI=1S/C20H18N2O4S/c1-25-16-6-4-14(5-7-16)13-22-19(23)18(15-8-10-21-11-9-15)26-20(24)17-3-2-12-27-17/h2-12,18H,13H2,1H3,(H,22,23)/t18-/m0/s1. The van der Waals surface area contributed by atoms with Crippen molar-refractivity contribution in [3.63, 3.8) is 0 Å².